The Balaban J connectivity index is 2.30. The highest BCUT2D eigenvalue weighted by atomic mass is 32.2. The number of imidazole rings is 1. The first-order valence-electron chi connectivity index (χ1n) is 7.53. The molecule has 0 saturated heterocycles. The van der Waals surface area contributed by atoms with Crippen LogP contribution in [0.5, 0.6) is 5.75 Å². The number of hydrogen-bond donors (Lipinski definition) is 1. The average molecular weight is 367 g/mol. The molecule has 0 aliphatic carbocycles. The van der Waals surface area contributed by atoms with E-state index >= 15 is 0 Å². The Kier molecular flexibility index (Phi) is 5.07. The summed E-state index contributed by atoms with van der Waals surface area (Å²) in [6.07, 6.45) is 2.40. The first kappa shape index (κ1) is 18.8. The van der Waals surface area contributed by atoms with Crippen molar-refractivity contribution >= 4 is 15.9 Å². The molecule has 0 radical (unpaired) electrons. The molecule has 0 unspecified atom stereocenters. The third-order valence-corrected chi connectivity index (χ3v) is 4.92. The molecule has 2 aromatic rings. The number of rotatable bonds is 5. The zero-order valence-corrected chi connectivity index (χ0v) is 15.3. The van der Waals surface area contributed by atoms with Crippen molar-refractivity contribution in [2.75, 3.05) is 7.11 Å². The molecule has 1 aromatic heterocycles. The maximum absolute atomic E-state index is 12.6. The van der Waals surface area contributed by atoms with Gasteiger partial charge < -0.3 is 10.1 Å². The Morgan fingerprint density at radius 3 is 2.28 bits per heavy atom. The summed E-state index contributed by atoms with van der Waals surface area (Å²) in [6, 6.07) is 5.69. The second-order valence-corrected chi connectivity index (χ2v) is 8.30. The third kappa shape index (κ3) is 4.30. The number of carbonyl (C=O) groups is 1. The molecule has 0 atom stereocenters. The zero-order valence-electron chi connectivity index (χ0n) is 14.5. The van der Waals surface area contributed by atoms with Crippen molar-refractivity contribution in [2.45, 2.75) is 37.8 Å². The molecule has 8 nitrogen and oxygen atoms in total. The average Bonchev–Trinajstić information content (AvgIpc) is 2.87. The van der Waals surface area contributed by atoms with Gasteiger partial charge in [0.15, 0.2) is 0 Å². The highest BCUT2D eigenvalue weighted by Gasteiger charge is 2.22. The lowest BCUT2D eigenvalue weighted by Gasteiger charge is -2.20. The number of nitrogens with one attached hydrogen (secondary N) is 1. The van der Waals surface area contributed by atoms with Crippen molar-refractivity contribution in [1.82, 2.24) is 13.9 Å². The SMILES string of the molecule is COc1ccc(S(=O)(=O)n2ccn(CC(=O)NC(C)(C)C)c2=O)cc1. The molecule has 0 saturated carbocycles. The zero-order chi connectivity index (χ0) is 18.8. The summed E-state index contributed by atoms with van der Waals surface area (Å²) < 4.78 is 31.8. The van der Waals surface area contributed by atoms with E-state index in [0.29, 0.717) is 9.72 Å². The monoisotopic (exact) mass is 367 g/mol. The van der Waals surface area contributed by atoms with Gasteiger partial charge in [-0.1, -0.05) is 0 Å². The fourth-order valence-electron chi connectivity index (χ4n) is 2.17. The quantitative estimate of drug-likeness (QED) is 0.843. The fraction of sp³-hybridized carbons (Fsp3) is 0.375. The minimum atomic E-state index is -4.05. The lowest BCUT2D eigenvalue weighted by Crippen LogP contribution is -2.43. The van der Waals surface area contributed by atoms with E-state index in [1.165, 1.54) is 37.6 Å². The minimum Gasteiger partial charge on any atom is -0.497 e. The van der Waals surface area contributed by atoms with Crippen molar-refractivity contribution in [3.63, 3.8) is 0 Å². The van der Waals surface area contributed by atoms with E-state index in [-0.39, 0.29) is 17.3 Å². The van der Waals surface area contributed by atoms with Crippen LogP contribution < -0.4 is 15.7 Å². The van der Waals surface area contributed by atoms with Crippen molar-refractivity contribution in [2.24, 2.45) is 0 Å². The number of amides is 1. The van der Waals surface area contributed by atoms with Gasteiger partial charge in [0.05, 0.1) is 12.0 Å². The predicted molar refractivity (Wildman–Crippen MR) is 92.2 cm³/mol. The Morgan fingerprint density at radius 2 is 1.76 bits per heavy atom. The van der Waals surface area contributed by atoms with Crippen molar-refractivity contribution in [1.29, 1.82) is 0 Å². The highest BCUT2D eigenvalue weighted by Crippen LogP contribution is 2.17. The summed E-state index contributed by atoms with van der Waals surface area (Å²) in [4.78, 5) is 24.2. The first-order valence-corrected chi connectivity index (χ1v) is 8.97. The molecule has 1 aromatic carbocycles. The molecule has 136 valence electrons. The topological polar surface area (TPSA) is 99.4 Å². The molecular weight excluding hydrogens is 346 g/mol. The van der Waals surface area contributed by atoms with Gasteiger partial charge in [-0.15, -0.1) is 0 Å². The fourth-order valence-corrected chi connectivity index (χ4v) is 3.40. The van der Waals surface area contributed by atoms with Crippen molar-refractivity contribution in [3.05, 3.63) is 47.1 Å². The van der Waals surface area contributed by atoms with Crippen LogP contribution in [-0.4, -0.2) is 35.5 Å². The van der Waals surface area contributed by atoms with Gasteiger partial charge >= 0.3 is 5.69 Å². The molecule has 1 N–H and O–H groups in total. The molecule has 0 spiro atoms. The van der Waals surface area contributed by atoms with Gasteiger partial charge in [0.25, 0.3) is 10.0 Å². The Bertz CT molecular complexity index is 918. The smallest absolute Gasteiger partial charge is 0.342 e. The molecule has 1 heterocycles. The van der Waals surface area contributed by atoms with Gasteiger partial charge in [-0.2, -0.15) is 3.97 Å². The molecule has 1 amide bonds. The van der Waals surface area contributed by atoms with Gasteiger partial charge in [-0.25, -0.2) is 13.2 Å². The van der Waals surface area contributed by atoms with Crippen LogP contribution in [0.2, 0.25) is 0 Å². The molecule has 25 heavy (non-hydrogen) atoms. The Hall–Kier alpha value is -2.55. The predicted octanol–water partition coefficient (Wildman–Crippen LogP) is 0.810. The van der Waals surface area contributed by atoms with Gasteiger partial charge in [-0.05, 0) is 45.0 Å². The summed E-state index contributed by atoms with van der Waals surface area (Å²) in [5, 5.41) is 2.72. The van der Waals surface area contributed by atoms with E-state index in [2.05, 4.69) is 5.32 Å². The summed E-state index contributed by atoms with van der Waals surface area (Å²) in [5.74, 6) is 0.122. The number of methoxy groups -OCH3 is 1. The second-order valence-electron chi connectivity index (χ2n) is 6.48. The van der Waals surface area contributed by atoms with Crippen molar-refractivity contribution < 1.29 is 17.9 Å². The van der Waals surface area contributed by atoms with Crippen molar-refractivity contribution in [3.8, 4) is 5.75 Å². The molecule has 0 aliphatic rings. The van der Waals surface area contributed by atoms with Crippen LogP contribution in [0.4, 0.5) is 0 Å². The van der Waals surface area contributed by atoms with Crippen LogP contribution in [0, 0.1) is 0 Å². The Morgan fingerprint density at radius 1 is 1.16 bits per heavy atom. The molecule has 2 rings (SSSR count). The van der Waals surface area contributed by atoms with Crippen LogP contribution in [-0.2, 0) is 21.4 Å². The van der Waals surface area contributed by atoms with Crippen LogP contribution in [0.15, 0.2) is 46.3 Å². The second kappa shape index (κ2) is 6.75. The summed E-state index contributed by atoms with van der Waals surface area (Å²) >= 11 is 0. The molecule has 0 bridgehead atoms. The van der Waals surface area contributed by atoms with Gasteiger partial charge in [0, 0.05) is 17.9 Å². The number of ether oxygens (including phenoxy) is 1. The van der Waals surface area contributed by atoms with Crippen LogP contribution >= 0.6 is 0 Å². The van der Waals surface area contributed by atoms with Crippen LogP contribution in [0.25, 0.3) is 0 Å². The Labute approximate surface area is 146 Å². The number of hydrogen-bond acceptors (Lipinski definition) is 5. The normalized spacial score (nSPS) is 12.0. The maximum Gasteiger partial charge on any atom is 0.342 e. The van der Waals surface area contributed by atoms with E-state index in [4.69, 9.17) is 4.74 Å². The van der Waals surface area contributed by atoms with Crippen LogP contribution in [0.3, 0.4) is 0 Å². The van der Waals surface area contributed by atoms with E-state index in [1.54, 1.807) is 0 Å². The largest absolute Gasteiger partial charge is 0.497 e. The summed E-state index contributed by atoms with van der Waals surface area (Å²) in [7, 11) is -2.58. The summed E-state index contributed by atoms with van der Waals surface area (Å²) in [5.41, 5.74) is -1.25. The van der Waals surface area contributed by atoms with E-state index in [9.17, 15) is 18.0 Å². The molecule has 0 aliphatic heterocycles. The summed E-state index contributed by atoms with van der Waals surface area (Å²) in [6.45, 7) is 5.17. The number of carbonyl (C=O) groups excluding carboxylic acids is 1. The number of aromatic nitrogens is 2. The van der Waals surface area contributed by atoms with Gasteiger partial charge in [0.2, 0.25) is 5.91 Å². The van der Waals surface area contributed by atoms with E-state index in [1.807, 2.05) is 20.8 Å². The highest BCUT2D eigenvalue weighted by molar-refractivity contribution is 7.90. The molecule has 0 fully saturated rings. The van der Waals surface area contributed by atoms with Crippen LogP contribution in [0.1, 0.15) is 20.8 Å². The van der Waals surface area contributed by atoms with Gasteiger partial charge in [0.1, 0.15) is 12.3 Å². The third-order valence-electron chi connectivity index (χ3n) is 3.26. The standard InChI is InChI=1S/C16H21N3O5S/c1-16(2,3)17-14(20)11-18-9-10-19(15(18)21)25(22,23)13-7-5-12(24-4)6-8-13/h5-10H,11H2,1-4H3,(H,17,20). The molecular formula is C16H21N3O5S. The number of nitrogens with zero attached hydrogens (tertiary/aromatic N) is 2. The lowest BCUT2D eigenvalue weighted by molar-refractivity contribution is -0.123. The maximum atomic E-state index is 12.6. The lowest BCUT2D eigenvalue weighted by atomic mass is 10.1. The first-order chi connectivity index (χ1) is 11.5. The minimum absolute atomic E-state index is 0.0488. The van der Waals surface area contributed by atoms with E-state index in [0.717, 1.165) is 10.8 Å². The number of benzene rings is 1. The van der Waals surface area contributed by atoms with E-state index < -0.39 is 21.3 Å². The van der Waals surface area contributed by atoms with Gasteiger partial charge in [-0.3, -0.25) is 9.36 Å². The molecule has 9 heteroatoms.